The highest BCUT2D eigenvalue weighted by Gasteiger charge is 2.26. The first-order chi connectivity index (χ1) is 9.26. The van der Waals surface area contributed by atoms with Gasteiger partial charge in [-0.25, -0.2) is 0 Å². The van der Waals surface area contributed by atoms with Gasteiger partial charge in [-0.05, 0) is 29.2 Å². The smallest absolute Gasteiger partial charge is 0.168 e. The van der Waals surface area contributed by atoms with E-state index in [-0.39, 0.29) is 6.04 Å². The van der Waals surface area contributed by atoms with E-state index in [1.165, 1.54) is 11.1 Å². The van der Waals surface area contributed by atoms with Crippen molar-refractivity contribution in [2.45, 2.75) is 12.5 Å². The Labute approximate surface area is 113 Å². The van der Waals surface area contributed by atoms with Gasteiger partial charge >= 0.3 is 0 Å². The normalized spacial score (nSPS) is 16.5. The van der Waals surface area contributed by atoms with E-state index in [1.54, 1.807) is 14.2 Å². The van der Waals surface area contributed by atoms with Crippen molar-refractivity contribution in [3.05, 3.63) is 47.5 Å². The fraction of sp³-hybridized carbons (Fsp3) is 0.250. The monoisotopic (exact) mass is 255 g/mol. The molecule has 1 aliphatic rings. The minimum absolute atomic E-state index is 0.0433. The van der Waals surface area contributed by atoms with Gasteiger partial charge in [-0.2, -0.15) is 0 Å². The third-order valence-electron chi connectivity index (χ3n) is 3.70. The van der Waals surface area contributed by atoms with E-state index in [4.69, 9.17) is 15.2 Å². The number of benzene rings is 2. The largest absolute Gasteiger partial charge is 0.493 e. The molecule has 0 spiro atoms. The zero-order chi connectivity index (χ0) is 13.4. The zero-order valence-electron chi connectivity index (χ0n) is 11.1. The average molecular weight is 255 g/mol. The second-order valence-corrected chi connectivity index (χ2v) is 4.73. The number of ether oxygens (including phenoxy) is 2. The van der Waals surface area contributed by atoms with Gasteiger partial charge in [-0.15, -0.1) is 0 Å². The lowest BCUT2D eigenvalue weighted by Crippen LogP contribution is -2.19. The molecular formula is C16H17NO2. The molecule has 1 atom stereocenters. The molecular weight excluding hydrogens is 238 g/mol. The van der Waals surface area contributed by atoms with E-state index in [0.717, 1.165) is 29.0 Å². The highest BCUT2D eigenvalue weighted by molar-refractivity contribution is 5.81. The number of methoxy groups -OCH3 is 2. The zero-order valence-corrected chi connectivity index (χ0v) is 11.1. The number of nitrogens with two attached hydrogens (primary N) is 1. The van der Waals surface area contributed by atoms with Gasteiger partial charge in [-0.1, -0.05) is 30.3 Å². The first-order valence-electron chi connectivity index (χ1n) is 6.35. The third-order valence-corrected chi connectivity index (χ3v) is 3.70. The summed E-state index contributed by atoms with van der Waals surface area (Å²) in [5, 5.41) is 0. The highest BCUT2D eigenvalue weighted by atomic mass is 16.5. The van der Waals surface area contributed by atoms with Crippen molar-refractivity contribution in [3.63, 3.8) is 0 Å². The Morgan fingerprint density at radius 2 is 1.84 bits per heavy atom. The van der Waals surface area contributed by atoms with Crippen LogP contribution in [0.2, 0.25) is 0 Å². The molecule has 98 valence electrons. The van der Waals surface area contributed by atoms with Crippen molar-refractivity contribution < 1.29 is 9.47 Å². The van der Waals surface area contributed by atoms with Gasteiger partial charge in [0.15, 0.2) is 11.5 Å². The van der Waals surface area contributed by atoms with E-state index < -0.39 is 0 Å². The molecule has 1 aliphatic carbocycles. The summed E-state index contributed by atoms with van der Waals surface area (Å²) in [6.07, 6.45) is 0.826. The Hall–Kier alpha value is -2.00. The molecule has 0 heterocycles. The van der Waals surface area contributed by atoms with Crippen LogP contribution in [0.4, 0.5) is 0 Å². The van der Waals surface area contributed by atoms with Crippen molar-refractivity contribution in [2.75, 3.05) is 14.2 Å². The molecule has 0 bridgehead atoms. The lowest BCUT2D eigenvalue weighted by atomic mass is 9.82. The minimum atomic E-state index is 0.0433. The van der Waals surface area contributed by atoms with E-state index >= 15 is 0 Å². The first kappa shape index (κ1) is 12.1. The van der Waals surface area contributed by atoms with Crippen LogP contribution in [0.5, 0.6) is 11.5 Å². The fourth-order valence-electron chi connectivity index (χ4n) is 2.83. The summed E-state index contributed by atoms with van der Waals surface area (Å²) in [4.78, 5) is 0. The Morgan fingerprint density at radius 1 is 1.05 bits per heavy atom. The second-order valence-electron chi connectivity index (χ2n) is 4.73. The summed E-state index contributed by atoms with van der Waals surface area (Å²) in [6.45, 7) is 0. The van der Waals surface area contributed by atoms with Crippen LogP contribution in [-0.2, 0) is 6.42 Å². The molecule has 0 saturated heterocycles. The SMILES string of the molecule is COc1ccc2c(c1OC)-c1ccccc1[C@H](N)C2. The summed E-state index contributed by atoms with van der Waals surface area (Å²) in [5.41, 5.74) is 10.9. The van der Waals surface area contributed by atoms with Crippen molar-refractivity contribution >= 4 is 0 Å². The Bertz CT molecular complexity index is 622. The topological polar surface area (TPSA) is 44.5 Å². The van der Waals surface area contributed by atoms with Crippen molar-refractivity contribution in [2.24, 2.45) is 5.73 Å². The van der Waals surface area contributed by atoms with Crippen LogP contribution in [0, 0.1) is 0 Å². The van der Waals surface area contributed by atoms with Crippen LogP contribution in [0.3, 0.4) is 0 Å². The lowest BCUT2D eigenvalue weighted by molar-refractivity contribution is 0.355. The molecule has 0 aliphatic heterocycles. The maximum Gasteiger partial charge on any atom is 0.168 e. The number of hydrogen-bond acceptors (Lipinski definition) is 3. The predicted molar refractivity (Wildman–Crippen MR) is 75.6 cm³/mol. The summed E-state index contributed by atoms with van der Waals surface area (Å²) in [7, 11) is 3.33. The summed E-state index contributed by atoms with van der Waals surface area (Å²) >= 11 is 0. The van der Waals surface area contributed by atoms with Crippen LogP contribution in [0.1, 0.15) is 17.2 Å². The highest BCUT2D eigenvalue weighted by Crippen LogP contribution is 2.46. The first-order valence-corrected chi connectivity index (χ1v) is 6.35. The molecule has 2 aromatic rings. The van der Waals surface area contributed by atoms with Gasteiger partial charge in [0.05, 0.1) is 14.2 Å². The number of hydrogen-bond donors (Lipinski definition) is 1. The van der Waals surface area contributed by atoms with Crippen LogP contribution in [0.15, 0.2) is 36.4 Å². The van der Waals surface area contributed by atoms with E-state index in [0.29, 0.717) is 0 Å². The fourth-order valence-corrected chi connectivity index (χ4v) is 2.83. The van der Waals surface area contributed by atoms with E-state index in [2.05, 4.69) is 18.2 Å². The van der Waals surface area contributed by atoms with E-state index in [9.17, 15) is 0 Å². The van der Waals surface area contributed by atoms with Gasteiger partial charge < -0.3 is 15.2 Å². The molecule has 3 rings (SSSR count). The number of rotatable bonds is 2. The molecule has 19 heavy (non-hydrogen) atoms. The van der Waals surface area contributed by atoms with Crippen LogP contribution in [0.25, 0.3) is 11.1 Å². The Balaban J connectivity index is 2.31. The quantitative estimate of drug-likeness (QED) is 0.897. The summed E-state index contributed by atoms with van der Waals surface area (Å²) in [5.74, 6) is 1.55. The van der Waals surface area contributed by atoms with Crippen molar-refractivity contribution in [3.8, 4) is 22.6 Å². The van der Waals surface area contributed by atoms with Crippen LogP contribution >= 0.6 is 0 Å². The molecule has 0 amide bonds. The molecule has 0 saturated carbocycles. The molecule has 0 aromatic heterocycles. The molecule has 2 aromatic carbocycles. The summed E-state index contributed by atoms with van der Waals surface area (Å²) in [6, 6.07) is 12.3. The third kappa shape index (κ3) is 1.78. The van der Waals surface area contributed by atoms with Crippen LogP contribution < -0.4 is 15.2 Å². The van der Waals surface area contributed by atoms with Crippen molar-refractivity contribution in [1.29, 1.82) is 0 Å². The molecule has 3 heteroatoms. The Kier molecular flexibility index (Phi) is 2.91. The van der Waals surface area contributed by atoms with Crippen molar-refractivity contribution in [1.82, 2.24) is 0 Å². The predicted octanol–water partition coefficient (Wildman–Crippen LogP) is 2.93. The number of fused-ring (bicyclic) bond motifs is 3. The second kappa shape index (κ2) is 4.59. The molecule has 3 nitrogen and oxygen atoms in total. The van der Waals surface area contributed by atoms with Gasteiger partial charge in [0, 0.05) is 11.6 Å². The molecule has 2 N–H and O–H groups in total. The van der Waals surface area contributed by atoms with Gasteiger partial charge in [0.2, 0.25) is 0 Å². The summed E-state index contributed by atoms with van der Waals surface area (Å²) < 4.78 is 10.9. The molecule has 0 radical (unpaired) electrons. The van der Waals surface area contributed by atoms with Crippen LogP contribution in [-0.4, -0.2) is 14.2 Å². The minimum Gasteiger partial charge on any atom is -0.493 e. The van der Waals surface area contributed by atoms with Gasteiger partial charge in [0.1, 0.15) is 0 Å². The van der Waals surface area contributed by atoms with Gasteiger partial charge in [-0.3, -0.25) is 0 Å². The lowest BCUT2D eigenvalue weighted by Gasteiger charge is -2.27. The van der Waals surface area contributed by atoms with E-state index in [1.807, 2.05) is 18.2 Å². The standard InChI is InChI=1S/C16H17NO2/c1-18-14-8-7-10-9-13(17)11-5-3-4-6-12(11)15(10)16(14)19-2/h3-8,13H,9,17H2,1-2H3/t13-/m1/s1. The molecule has 0 fully saturated rings. The average Bonchev–Trinajstić information content (AvgIpc) is 2.46. The van der Waals surface area contributed by atoms with Gasteiger partial charge in [0.25, 0.3) is 0 Å². The maximum atomic E-state index is 6.25. The maximum absolute atomic E-state index is 6.25. The Morgan fingerprint density at radius 3 is 2.58 bits per heavy atom. The molecule has 0 unspecified atom stereocenters.